The van der Waals surface area contributed by atoms with Crippen LogP contribution in [0.5, 0.6) is 5.75 Å². The lowest BCUT2D eigenvalue weighted by Gasteiger charge is -2.23. The summed E-state index contributed by atoms with van der Waals surface area (Å²) in [6, 6.07) is 16.4. The SMILES string of the molecule is N#Cc1cccc(OCCCCC(=O)N2CCCC2C(=O)Nc2nc3ccccc3s2)c1. The fourth-order valence-electron chi connectivity index (χ4n) is 3.82. The summed E-state index contributed by atoms with van der Waals surface area (Å²) >= 11 is 1.44. The molecule has 1 aliphatic heterocycles. The highest BCUT2D eigenvalue weighted by molar-refractivity contribution is 7.22. The van der Waals surface area contributed by atoms with Crippen LogP contribution in [-0.2, 0) is 9.59 Å². The third-order valence-corrected chi connectivity index (χ3v) is 6.37. The van der Waals surface area contributed by atoms with E-state index in [4.69, 9.17) is 10.00 Å². The topological polar surface area (TPSA) is 95.3 Å². The van der Waals surface area contributed by atoms with Gasteiger partial charge in [-0.2, -0.15) is 5.26 Å². The normalized spacial score (nSPS) is 15.5. The largest absolute Gasteiger partial charge is 0.494 e. The summed E-state index contributed by atoms with van der Waals surface area (Å²) in [4.78, 5) is 31.7. The van der Waals surface area contributed by atoms with Gasteiger partial charge in [0.15, 0.2) is 5.13 Å². The van der Waals surface area contributed by atoms with Crippen molar-refractivity contribution < 1.29 is 14.3 Å². The smallest absolute Gasteiger partial charge is 0.248 e. The maximum atomic E-state index is 12.8. The number of hydrogen-bond donors (Lipinski definition) is 1. The Labute approximate surface area is 190 Å². The number of unbranched alkanes of at least 4 members (excludes halogenated alkanes) is 1. The van der Waals surface area contributed by atoms with Crippen LogP contribution in [-0.4, -0.2) is 40.9 Å². The van der Waals surface area contributed by atoms with Crippen LogP contribution in [0.2, 0.25) is 0 Å². The van der Waals surface area contributed by atoms with Gasteiger partial charge in [-0.15, -0.1) is 0 Å². The van der Waals surface area contributed by atoms with Crippen molar-refractivity contribution in [3.63, 3.8) is 0 Å². The lowest BCUT2D eigenvalue weighted by Crippen LogP contribution is -2.43. The summed E-state index contributed by atoms with van der Waals surface area (Å²) in [6.45, 7) is 1.08. The Hall–Kier alpha value is -3.44. The molecule has 0 bridgehead atoms. The number of fused-ring (bicyclic) bond motifs is 1. The molecule has 2 heterocycles. The van der Waals surface area contributed by atoms with E-state index in [1.165, 1.54) is 11.3 Å². The molecule has 2 amide bonds. The van der Waals surface area contributed by atoms with Crippen LogP contribution in [0, 0.1) is 11.3 Å². The second-order valence-corrected chi connectivity index (χ2v) is 8.70. The minimum atomic E-state index is -0.445. The van der Waals surface area contributed by atoms with E-state index in [0.717, 1.165) is 23.1 Å². The molecule has 4 rings (SSSR count). The number of nitrogens with one attached hydrogen (secondary N) is 1. The highest BCUT2D eigenvalue weighted by atomic mass is 32.1. The molecule has 164 valence electrons. The number of nitrogens with zero attached hydrogens (tertiary/aromatic N) is 3. The van der Waals surface area contributed by atoms with Gasteiger partial charge in [-0.05, 0) is 56.0 Å². The molecule has 7 nitrogen and oxygen atoms in total. The van der Waals surface area contributed by atoms with Crippen molar-refractivity contribution in [3.8, 4) is 11.8 Å². The van der Waals surface area contributed by atoms with E-state index in [0.29, 0.717) is 48.9 Å². The molecule has 0 aliphatic carbocycles. The zero-order valence-corrected chi connectivity index (χ0v) is 18.4. The zero-order valence-electron chi connectivity index (χ0n) is 17.6. The maximum Gasteiger partial charge on any atom is 0.248 e. The minimum absolute atomic E-state index is 0.00146. The average molecular weight is 449 g/mol. The predicted molar refractivity (Wildman–Crippen MR) is 123 cm³/mol. The lowest BCUT2D eigenvalue weighted by molar-refractivity contribution is -0.136. The Kier molecular flexibility index (Phi) is 6.97. The summed E-state index contributed by atoms with van der Waals surface area (Å²) in [7, 11) is 0. The molecule has 0 spiro atoms. The van der Waals surface area contributed by atoms with E-state index in [9.17, 15) is 9.59 Å². The molecule has 1 aliphatic rings. The fraction of sp³-hybridized carbons (Fsp3) is 0.333. The molecule has 3 aromatic rings. The maximum absolute atomic E-state index is 12.8. The molecule has 1 saturated heterocycles. The number of nitriles is 1. The number of aromatic nitrogens is 1. The van der Waals surface area contributed by atoms with Crippen molar-refractivity contribution in [1.82, 2.24) is 9.88 Å². The van der Waals surface area contributed by atoms with Gasteiger partial charge in [-0.1, -0.05) is 29.5 Å². The first-order chi connectivity index (χ1) is 15.6. The van der Waals surface area contributed by atoms with Crippen molar-refractivity contribution in [1.29, 1.82) is 5.26 Å². The highest BCUT2D eigenvalue weighted by Gasteiger charge is 2.34. The standard InChI is InChI=1S/C24H24N4O3S/c25-16-17-7-5-8-18(15-17)31-14-4-3-12-22(29)28-13-6-10-20(28)23(30)27-24-26-19-9-1-2-11-21(19)32-24/h1-2,5,7-9,11,15,20H,3-4,6,10,12-14H2,(H,26,27,30). The van der Waals surface area contributed by atoms with Gasteiger partial charge in [0.2, 0.25) is 11.8 Å². The molecule has 1 N–H and O–H groups in total. The summed E-state index contributed by atoms with van der Waals surface area (Å²) in [6.07, 6.45) is 3.27. The number of hydrogen-bond acceptors (Lipinski definition) is 6. The molecule has 0 radical (unpaired) electrons. The first kappa shape index (κ1) is 21.8. The summed E-state index contributed by atoms with van der Waals surface area (Å²) < 4.78 is 6.68. The average Bonchev–Trinajstić information content (AvgIpc) is 3.45. The highest BCUT2D eigenvalue weighted by Crippen LogP contribution is 2.27. The Morgan fingerprint density at radius 3 is 2.94 bits per heavy atom. The van der Waals surface area contributed by atoms with Crippen LogP contribution in [0.1, 0.15) is 37.7 Å². The number of ether oxygens (including phenoxy) is 1. The van der Waals surface area contributed by atoms with Gasteiger partial charge < -0.3 is 15.0 Å². The summed E-state index contributed by atoms with van der Waals surface area (Å²) in [5.41, 5.74) is 1.41. The molecule has 1 fully saturated rings. The first-order valence-corrected chi connectivity index (χ1v) is 11.5. The van der Waals surface area contributed by atoms with Crippen molar-refractivity contribution >= 4 is 38.5 Å². The van der Waals surface area contributed by atoms with Crippen LogP contribution >= 0.6 is 11.3 Å². The van der Waals surface area contributed by atoms with E-state index in [2.05, 4.69) is 16.4 Å². The Morgan fingerprint density at radius 2 is 2.09 bits per heavy atom. The minimum Gasteiger partial charge on any atom is -0.494 e. The first-order valence-electron chi connectivity index (χ1n) is 10.7. The molecule has 0 saturated carbocycles. The summed E-state index contributed by atoms with van der Waals surface area (Å²) in [5, 5.41) is 12.4. The van der Waals surface area contributed by atoms with Crippen LogP contribution in [0.25, 0.3) is 10.2 Å². The monoisotopic (exact) mass is 448 g/mol. The molecule has 1 aromatic heterocycles. The van der Waals surface area contributed by atoms with E-state index >= 15 is 0 Å². The van der Waals surface area contributed by atoms with E-state index in [1.54, 1.807) is 23.1 Å². The number of carbonyl (C=O) groups is 2. The van der Waals surface area contributed by atoms with Crippen molar-refractivity contribution in [2.45, 2.75) is 38.1 Å². The van der Waals surface area contributed by atoms with E-state index < -0.39 is 6.04 Å². The number of amides is 2. The van der Waals surface area contributed by atoms with Crippen LogP contribution in [0.3, 0.4) is 0 Å². The Bertz CT molecular complexity index is 1120. The van der Waals surface area contributed by atoms with Gasteiger partial charge in [0.25, 0.3) is 0 Å². The molecular formula is C24H24N4O3S. The second kappa shape index (κ2) is 10.2. The molecule has 1 atom stereocenters. The van der Waals surface area contributed by atoms with Crippen LogP contribution in [0.15, 0.2) is 48.5 Å². The van der Waals surface area contributed by atoms with E-state index in [1.807, 2.05) is 30.3 Å². The number of carbonyl (C=O) groups excluding carboxylic acids is 2. The zero-order chi connectivity index (χ0) is 22.3. The second-order valence-electron chi connectivity index (χ2n) is 7.67. The number of benzene rings is 2. The van der Waals surface area contributed by atoms with E-state index in [-0.39, 0.29) is 11.8 Å². The van der Waals surface area contributed by atoms with Gasteiger partial charge in [0.05, 0.1) is 28.5 Å². The van der Waals surface area contributed by atoms with Gasteiger partial charge in [0.1, 0.15) is 11.8 Å². The van der Waals surface area contributed by atoms with Gasteiger partial charge >= 0.3 is 0 Å². The number of thiazole rings is 1. The van der Waals surface area contributed by atoms with Gasteiger partial charge in [-0.3, -0.25) is 9.59 Å². The molecule has 32 heavy (non-hydrogen) atoms. The molecule has 2 aromatic carbocycles. The van der Waals surface area contributed by atoms with Crippen molar-refractivity contribution in [2.24, 2.45) is 0 Å². The third-order valence-electron chi connectivity index (χ3n) is 5.42. The number of rotatable bonds is 8. The van der Waals surface area contributed by atoms with Gasteiger partial charge in [-0.25, -0.2) is 4.98 Å². The third kappa shape index (κ3) is 5.24. The molecule has 1 unspecified atom stereocenters. The number of likely N-dealkylation sites (tertiary alicyclic amines) is 1. The Balaban J connectivity index is 1.23. The lowest BCUT2D eigenvalue weighted by atomic mass is 10.2. The Morgan fingerprint density at radius 1 is 1.22 bits per heavy atom. The molecule has 8 heteroatoms. The van der Waals surface area contributed by atoms with Crippen LogP contribution < -0.4 is 10.1 Å². The van der Waals surface area contributed by atoms with Crippen molar-refractivity contribution in [3.05, 3.63) is 54.1 Å². The number of para-hydroxylation sites is 1. The quantitative estimate of drug-likeness (QED) is 0.517. The summed E-state index contributed by atoms with van der Waals surface area (Å²) in [5.74, 6) is 0.482. The van der Waals surface area contributed by atoms with Gasteiger partial charge in [0, 0.05) is 13.0 Å². The van der Waals surface area contributed by atoms with Crippen LogP contribution in [0.4, 0.5) is 5.13 Å². The fourth-order valence-corrected chi connectivity index (χ4v) is 4.69. The molecular weight excluding hydrogens is 424 g/mol. The van der Waals surface area contributed by atoms with Crippen molar-refractivity contribution in [2.75, 3.05) is 18.5 Å². The predicted octanol–water partition coefficient (Wildman–Crippen LogP) is 4.35. The number of anilines is 1.